The van der Waals surface area contributed by atoms with E-state index >= 15 is 0 Å². The summed E-state index contributed by atoms with van der Waals surface area (Å²) in [4.78, 5) is 2.14. The van der Waals surface area contributed by atoms with Gasteiger partial charge in [0.1, 0.15) is 5.82 Å². The molecule has 1 saturated heterocycles. The highest BCUT2D eigenvalue weighted by Gasteiger charge is 2.32. The summed E-state index contributed by atoms with van der Waals surface area (Å²) in [5.41, 5.74) is 7.26. The summed E-state index contributed by atoms with van der Waals surface area (Å²) in [7, 11) is 3.61. The summed E-state index contributed by atoms with van der Waals surface area (Å²) in [6.45, 7) is 1.96. The van der Waals surface area contributed by atoms with Crippen molar-refractivity contribution >= 4 is 11.6 Å². The SMILES string of the molecule is COCc1cc(Cl)c(F)c(C2CC(CN)CN2C)c1. The molecule has 1 aliphatic rings. The maximum absolute atomic E-state index is 14.2. The summed E-state index contributed by atoms with van der Waals surface area (Å²) in [5.74, 6) is 0.0929. The predicted molar refractivity (Wildman–Crippen MR) is 74.7 cm³/mol. The lowest BCUT2D eigenvalue weighted by Crippen LogP contribution is -2.21. The van der Waals surface area contributed by atoms with Crippen LogP contribution in [-0.2, 0) is 11.3 Å². The van der Waals surface area contributed by atoms with E-state index in [-0.39, 0.29) is 16.9 Å². The van der Waals surface area contributed by atoms with Gasteiger partial charge in [0.05, 0.1) is 11.6 Å². The number of methoxy groups -OCH3 is 1. The second-order valence-electron chi connectivity index (χ2n) is 5.21. The largest absolute Gasteiger partial charge is 0.380 e. The smallest absolute Gasteiger partial charge is 0.146 e. The van der Waals surface area contributed by atoms with Gasteiger partial charge in [-0.05, 0) is 43.6 Å². The van der Waals surface area contributed by atoms with Crippen molar-refractivity contribution < 1.29 is 9.13 Å². The standard InChI is InChI=1S/C14H20ClFN2O/c1-18-7-10(6-17)5-13(18)11-3-9(8-19-2)4-12(15)14(11)16/h3-4,10,13H,5-8,17H2,1-2H3. The minimum atomic E-state index is -0.323. The number of nitrogens with zero attached hydrogens (tertiary/aromatic N) is 1. The van der Waals surface area contributed by atoms with E-state index in [1.165, 1.54) is 0 Å². The molecule has 1 aliphatic heterocycles. The van der Waals surface area contributed by atoms with E-state index in [2.05, 4.69) is 4.90 Å². The van der Waals surface area contributed by atoms with Crippen LogP contribution < -0.4 is 5.73 Å². The molecule has 0 saturated carbocycles. The molecule has 1 aromatic rings. The van der Waals surface area contributed by atoms with Gasteiger partial charge < -0.3 is 10.5 Å². The number of benzene rings is 1. The maximum Gasteiger partial charge on any atom is 0.146 e. The van der Waals surface area contributed by atoms with Crippen molar-refractivity contribution in [2.75, 3.05) is 27.2 Å². The van der Waals surface area contributed by atoms with Gasteiger partial charge in [-0.15, -0.1) is 0 Å². The number of halogens is 2. The van der Waals surface area contributed by atoms with Crippen molar-refractivity contribution in [2.24, 2.45) is 11.7 Å². The van der Waals surface area contributed by atoms with Gasteiger partial charge in [-0.3, -0.25) is 4.90 Å². The Bertz CT molecular complexity index is 455. The Labute approximate surface area is 118 Å². The first kappa shape index (κ1) is 14.7. The number of hydrogen-bond donors (Lipinski definition) is 1. The minimum absolute atomic E-state index is 0.0443. The van der Waals surface area contributed by atoms with Gasteiger partial charge in [0.2, 0.25) is 0 Å². The van der Waals surface area contributed by atoms with Crippen LogP contribution in [0.25, 0.3) is 0 Å². The summed E-state index contributed by atoms with van der Waals surface area (Å²) < 4.78 is 19.3. The molecule has 0 aliphatic carbocycles. The molecule has 1 fully saturated rings. The Hall–Kier alpha value is -0.680. The number of likely N-dealkylation sites (tertiary alicyclic amines) is 1. The lowest BCUT2D eigenvalue weighted by molar-refractivity contribution is 0.184. The average molecular weight is 287 g/mol. The first-order chi connectivity index (χ1) is 9.06. The molecular weight excluding hydrogens is 267 g/mol. The van der Waals surface area contributed by atoms with E-state index in [1.807, 2.05) is 13.1 Å². The summed E-state index contributed by atoms with van der Waals surface area (Å²) in [6, 6.07) is 3.52. The van der Waals surface area contributed by atoms with Gasteiger partial charge >= 0.3 is 0 Å². The Morgan fingerprint density at radius 2 is 2.26 bits per heavy atom. The molecule has 2 N–H and O–H groups in total. The lowest BCUT2D eigenvalue weighted by Gasteiger charge is -2.21. The second kappa shape index (κ2) is 6.18. The highest BCUT2D eigenvalue weighted by Crippen LogP contribution is 2.37. The zero-order chi connectivity index (χ0) is 14.0. The van der Waals surface area contributed by atoms with E-state index in [4.69, 9.17) is 22.1 Å². The van der Waals surface area contributed by atoms with Crippen LogP contribution in [0.4, 0.5) is 4.39 Å². The van der Waals surface area contributed by atoms with Gasteiger partial charge in [0, 0.05) is 25.3 Å². The molecule has 0 spiro atoms. The van der Waals surface area contributed by atoms with Gasteiger partial charge in [-0.1, -0.05) is 11.6 Å². The maximum atomic E-state index is 14.2. The zero-order valence-corrected chi connectivity index (χ0v) is 12.1. The Morgan fingerprint density at radius 3 is 2.84 bits per heavy atom. The molecule has 3 nitrogen and oxygen atoms in total. The topological polar surface area (TPSA) is 38.5 Å². The fraction of sp³-hybridized carbons (Fsp3) is 0.571. The lowest BCUT2D eigenvalue weighted by atomic mass is 9.98. The van der Waals surface area contributed by atoms with Crippen molar-refractivity contribution in [3.05, 3.63) is 34.1 Å². The third kappa shape index (κ3) is 3.08. The Kier molecular flexibility index (Phi) is 4.79. The first-order valence-corrected chi connectivity index (χ1v) is 6.81. The van der Waals surface area contributed by atoms with Gasteiger partial charge in [-0.2, -0.15) is 0 Å². The number of hydrogen-bond acceptors (Lipinski definition) is 3. The summed E-state index contributed by atoms with van der Waals surface area (Å²) in [6.07, 6.45) is 0.872. The molecule has 2 atom stereocenters. The molecule has 19 heavy (non-hydrogen) atoms. The van der Waals surface area contributed by atoms with Crippen LogP contribution in [-0.4, -0.2) is 32.1 Å². The molecule has 2 rings (SSSR count). The fourth-order valence-electron chi connectivity index (χ4n) is 2.80. The zero-order valence-electron chi connectivity index (χ0n) is 11.3. The molecule has 0 radical (unpaired) electrons. The Balaban J connectivity index is 2.33. The molecule has 106 valence electrons. The minimum Gasteiger partial charge on any atom is -0.380 e. The van der Waals surface area contributed by atoms with E-state index in [0.717, 1.165) is 18.5 Å². The van der Waals surface area contributed by atoms with Gasteiger partial charge in [-0.25, -0.2) is 4.39 Å². The van der Waals surface area contributed by atoms with E-state index in [1.54, 1.807) is 13.2 Å². The second-order valence-corrected chi connectivity index (χ2v) is 5.61. The van der Waals surface area contributed by atoms with E-state index in [0.29, 0.717) is 24.6 Å². The normalized spacial score (nSPS) is 24.1. The summed E-state index contributed by atoms with van der Waals surface area (Å²) >= 11 is 5.98. The van der Waals surface area contributed by atoms with Crippen LogP contribution in [0.1, 0.15) is 23.6 Å². The van der Waals surface area contributed by atoms with E-state index in [9.17, 15) is 4.39 Å². The Morgan fingerprint density at radius 1 is 1.53 bits per heavy atom. The molecular formula is C14H20ClFN2O. The van der Waals surface area contributed by atoms with Gasteiger partial charge in [0.25, 0.3) is 0 Å². The average Bonchev–Trinajstić information content (AvgIpc) is 2.75. The van der Waals surface area contributed by atoms with Crippen LogP contribution in [0.15, 0.2) is 12.1 Å². The van der Waals surface area contributed by atoms with Crippen molar-refractivity contribution in [2.45, 2.75) is 19.1 Å². The van der Waals surface area contributed by atoms with Crippen LogP contribution in [0.5, 0.6) is 0 Å². The monoisotopic (exact) mass is 286 g/mol. The van der Waals surface area contributed by atoms with Gasteiger partial charge in [0.15, 0.2) is 0 Å². The fourth-order valence-corrected chi connectivity index (χ4v) is 3.05. The summed E-state index contributed by atoms with van der Waals surface area (Å²) in [5, 5.41) is 0.161. The van der Waals surface area contributed by atoms with Crippen LogP contribution in [0.3, 0.4) is 0 Å². The molecule has 2 unspecified atom stereocenters. The van der Waals surface area contributed by atoms with Crippen molar-refractivity contribution in [1.29, 1.82) is 0 Å². The first-order valence-electron chi connectivity index (χ1n) is 6.43. The molecule has 1 aromatic carbocycles. The molecule has 0 bridgehead atoms. The highest BCUT2D eigenvalue weighted by molar-refractivity contribution is 6.30. The number of ether oxygens (including phenoxy) is 1. The molecule has 5 heteroatoms. The van der Waals surface area contributed by atoms with Crippen LogP contribution in [0, 0.1) is 11.7 Å². The predicted octanol–water partition coefficient (Wildman–Crippen LogP) is 2.58. The third-order valence-corrected chi connectivity index (χ3v) is 4.03. The number of rotatable bonds is 4. The van der Waals surface area contributed by atoms with Crippen LogP contribution >= 0.6 is 11.6 Å². The molecule has 0 amide bonds. The van der Waals surface area contributed by atoms with Crippen molar-refractivity contribution in [3.63, 3.8) is 0 Å². The van der Waals surface area contributed by atoms with Crippen LogP contribution in [0.2, 0.25) is 5.02 Å². The van der Waals surface area contributed by atoms with Crippen molar-refractivity contribution in [3.8, 4) is 0 Å². The van der Waals surface area contributed by atoms with Crippen molar-refractivity contribution in [1.82, 2.24) is 4.90 Å². The number of nitrogens with two attached hydrogens (primary N) is 1. The molecule has 0 aromatic heterocycles. The molecule has 1 heterocycles. The van der Waals surface area contributed by atoms with E-state index < -0.39 is 0 Å². The quantitative estimate of drug-likeness (QED) is 0.924. The highest BCUT2D eigenvalue weighted by atomic mass is 35.5. The third-order valence-electron chi connectivity index (χ3n) is 3.75.